The predicted molar refractivity (Wildman–Crippen MR) is 59.8 cm³/mol. The second-order valence-corrected chi connectivity index (χ2v) is 5.05. The highest BCUT2D eigenvalue weighted by molar-refractivity contribution is 8.14. The second-order valence-electron chi connectivity index (χ2n) is 4.10. The van der Waals surface area contributed by atoms with Gasteiger partial charge in [0.05, 0.1) is 6.61 Å². The van der Waals surface area contributed by atoms with Crippen LogP contribution < -0.4 is 5.32 Å². The lowest BCUT2D eigenvalue weighted by Gasteiger charge is -2.27. The molecule has 0 radical (unpaired) electrons. The van der Waals surface area contributed by atoms with Crippen LogP contribution in [0.15, 0.2) is 0 Å². The summed E-state index contributed by atoms with van der Waals surface area (Å²) in [5.41, 5.74) is -0.800. The first-order valence-electron chi connectivity index (χ1n) is 5.12. The van der Waals surface area contributed by atoms with Crippen LogP contribution in [0.25, 0.3) is 0 Å². The summed E-state index contributed by atoms with van der Waals surface area (Å²) in [4.78, 5) is 23.0. The van der Waals surface area contributed by atoms with E-state index in [9.17, 15) is 9.59 Å². The van der Waals surface area contributed by atoms with Crippen molar-refractivity contribution in [2.75, 3.05) is 12.4 Å². The van der Waals surface area contributed by atoms with E-state index in [0.717, 1.165) is 11.8 Å². The highest BCUT2D eigenvalue weighted by Gasteiger charge is 2.46. The van der Waals surface area contributed by atoms with Gasteiger partial charge in [-0.3, -0.25) is 4.79 Å². The van der Waals surface area contributed by atoms with Gasteiger partial charge >= 0.3 is 5.97 Å². The van der Waals surface area contributed by atoms with Crippen LogP contribution in [0.2, 0.25) is 0 Å². The highest BCUT2D eigenvalue weighted by atomic mass is 32.2. The first-order valence-corrected chi connectivity index (χ1v) is 6.11. The molecule has 5 heteroatoms. The Morgan fingerprint density at radius 3 is 2.73 bits per heavy atom. The molecule has 1 heterocycles. The molecule has 0 aromatic heterocycles. The van der Waals surface area contributed by atoms with Crippen molar-refractivity contribution in [2.45, 2.75) is 32.7 Å². The summed E-state index contributed by atoms with van der Waals surface area (Å²) in [5, 5.41) is 2.60. The van der Waals surface area contributed by atoms with Gasteiger partial charge in [-0.25, -0.2) is 4.79 Å². The molecule has 0 unspecified atom stereocenters. The fourth-order valence-electron chi connectivity index (χ4n) is 1.73. The van der Waals surface area contributed by atoms with Gasteiger partial charge in [-0.05, 0) is 19.3 Å². The number of thioether (sulfide) groups is 1. The van der Waals surface area contributed by atoms with Gasteiger partial charge in [-0.15, -0.1) is 0 Å². The number of carbonyl (C=O) groups is 2. The molecule has 1 amide bonds. The van der Waals surface area contributed by atoms with Crippen LogP contribution in [-0.2, 0) is 9.53 Å². The third-order valence-corrected chi connectivity index (χ3v) is 3.22. The van der Waals surface area contributed by atoms with Crippen LogP contribution in [-0.4, -0.2) is 29.1 Å². The van der Waals surface area contributed by atoms with Gasteiger partial charge in [0.25, 0.3) is 5.24 Å². The number of amides is 1. The molecule has 1 aliphatic rings. The molecule has 0 aliphatic carbocycles. The van der Waals surface area contributed by atoms with E-state index in [1.165, 1.54) is 0 Å². The molecule has 1 atom stereocenters. The van der Waals surface area contributed by atoms with Crippen LogP contribution in [0.1, 0.15) is 27.2 Å². The first kappa shape index (κ1) is 12.4. The van der Waals surface area contributed by atoms with E-state index in [-0.39, 0.29) is 11.2 Å². The molecule has 0 spiro atoms. The van der Waals surface area contributed by atoms with E-state index in [4.69, 9.17) is 4.74 Å². The van der Waals surface area contributed by atoms with Gasteiger partial charge in [0.1, 0.15) is 5.54 Å². The van der Waals surface area contributed by atoms with Crippen molar-refractivity contribution >= 4 is 23.0 Å². The second kappa shape index (κ2) is 4.88. The summed E-state index contributed by atoms with van der Waals surface area (Å²) < 4.78 is 5.01. The molecular formula is C10H17NO3S. The predicted octanol–water partition coefficient (Wildman–Crippen LogP) is 1.79. The largest absolute Gasteiger partial charge is 0.464 e. The van der Waals surface area contributed by atoms with Crippen molar-refractivity contribution in [1.82, 2.24) is 5.32 Å². The molecule has 0 aromatic rings. The minimum atomic E-state index is -0.800. The van der Waals surface area contributed by atoms with Gasteiger partial charge in [0.15, 0.2) is 0 Å². The third-order valence-electron chi connectivity index (χ3n) is 2.21. The van der Waals surface area contributed by atoms with Crippen molar-refractivity contribution in [3.63, 3.8) is 0 Å². The Bertz CT molecular complexity index is 267. The standard InChI is InChI=1S/C10H17NO3S/c1-4-14-8(12)10(5-7(2)3)6-15-9(13)11-10/h7H,4-6H2,1-3H3,(H,11,13)/t10-/m1/s1. The van der Waals surface area contributed by atoms with Gasteiger partial charge < -0.3 is 10.1 Å². The van der Waals surface area contributed by atoms with E-state index >= 15 is 0 Å². The number of ether oxygens (including phenoxy) is 1. The first-order chi connectivity index (χ1) is 7.00. The maximum Gasteiger partial charge on any atom is 0.332 e. The van der Waals surface area contributed by atoms with Gasteiger partial charge in [0.2, 0.25) is 0 Å². The molecule has 1 rings (SSSR count). The fraction of sp³-hybridized carbons (Fsp3) is 0.800. The summed E-state index contributed by atoms with van der Waals surface area (Å²) >= 11 is 1.15. The molecule has 1 aliphatic heterocycles. The maximum absolute atomic E-state index is 11.8. The Morgan fingerprint density at radius 2 is 2.33 bits per heavy atom. The van der Waals surface area contributed by atoms with Crippen LogP contribution in [0.4, 0.5) is 4.79 Å². The number of carbonyl (C=O) groups excluding carboxylic acids is 2. The lowest BCUT2D eigenvalue weighted by Crippen LogP contribution is -2.52. The topological polar surface area (TPSA) is 55.4 Å². The lowest BCUT2D eigenvalue weighted by molar-refractivity contribution is -0.150. The number of nitrogens with one attached hydrogen (secondary N) is 1. The Balaban J connectivity index is 2.77. The summed E-state index contributed by atoms with van der Waals surface area (Å²) in [6, 6.07) is 0. The minimum absolute atomic E-state index is 0.135. The zero-order valence-electron chi connectivity index (χ0n) is 9.33. The molecule has 1 N–H and O–H groups in total. The van der Waals surface area contributed by atoms with E-state index < -0.39 is 5.54 Å². The zero-order valence-corrected chi connectivity index (χ0v) is 10.1. The smallest absolute Gasteiger partial charge is 0.332 e. The molecule has 86 valence electrons. The number of rotatable bonds is 4. The lowest BCUT2D eigenvalue weighted by atomic mass is 9.91. The highest BCUT2D eigenvalue weighted by Crippen LogP contribution is 2.30. The van der Waals surface area contributed by atoms with Crippen molar-refractivity contribution in [2.24, 2.45) is 5.92 Å². The van der Waals surface area contributed by atoms with Crippen LogP contribution in [0.3, 0.4) is 0 Å². The molecular weight excluding hydrogens is 214 g/mol. The molecule has 0 bridgehead atoms. The number of esters is 1. The quantitative estimate of drug-likeness (QED) is 0.749. The Hall–Kier alpha value is -0.710. The monoisotopic (exact) mass is 231 g/mol. The number of hydrogen-bond acceptors (Lipinski definition) is 4. The molecule has 1 fully saturated rings. The average Bonchev–Trinajstić information content (AvgIpc) is 2.48. The maximum atomic E-state index is 11.8. The summed E-state index contributed by atoms with van der Waals surface area (Å²) in [7, 11) is 0. The Morgan fingerprint density at radius 1 is 1.67 bits per heavy atom. The average molecular weight is 231 g/mol. The summed E-state index contributed by atoms with van der Waals surface area (Å²) in [6.45, 7) is 6.16. The van der Waals surface area contributed by atoms with Crippen LogP contribution >= 0.6 is 11.8 Å². The van der Waals surface area contributed by atoms with Crippen molar-refractivity contribution in [3.8, 4) is 0 Å². The van der Waals surface area contributed by atoms with Gasteiger partial charge in [-0.1, -0.05) is 25.6 Å². The molecule has 0 saturated carbocycles. The van der Waals surface area contributed by atoms with Crippen LogP contribution in [0, 0.1) is 5.92 Å². The fourth-order valence-corrected chi connectivity index (χ4v) is 2.68. The van der Waals surface area contributed by atoms with Gasteiger partial charge in [0, 0.05) is 5.75 Å². The van der Waals surface area contributed by atoms with E-state index in [1.807, 2.05) is 13.8 Å². The Labute approximate surface area is 94.1 Å². The molecule has 1 saturated heterocycles. The van der Waals surface area contributed by atoms with E-state index in [1.54, 1.807) is 6.92 Å². The Kier molecular flexibility index (Phi) is 4.02. The zero-order chi connectivity index (χ0) is 11.5. The normalized spacial score (nSPS) is 25.5. The third kappa shape index (κ3) is 2.87. The summed E-state index contributed by atoms with van der Waals surface area (Å²) in [5.74, 6) is 0.508. The van der Waals surface area contributed by atoms with E-state index in [0.29, 0.717) is 24.7 Å². The van der Waals surface area contributed by atoms with Gasteiger partial charge in [-0.2, -0.15) is 0 Å². The minimum Gasteiger partial charge on any atom is -0.464 e. The SMILES string of the molecule is CCOC(=O)[C@@]1(CC(C)C)CSC(=O)N1. The van der Waals surface area contributed by atoms with Crippen molar-refractivity contribution < 1.29 is 14.3 Å². The van der Waals surface area contributed by atoms with Crippen LogP contribution in [0.5, 0.6) is 0 Å². The molecule has 15 heavy (non-hydrogen) atoms. The van der Waals surface area contributed by atoms with E-state index in [2.05, 4.69) is 5.32 Å². The molecule has 4 nitrogen and oxygen atoms in total. The summed E-state index contributed by atoms with van der Waals surface area (Å²) in [6.07, 6.45) is 0.630. The van der Waals surface area contributed by atoms with Crippen molar-refractivity contribution in [3.05, 3.63) is 0 Å². The van der Waals surface area contributed by atoms with Crippen molar-refractivity contribution in [1.29, 1.82) is 0 Å². The number of hydrogen-bond donors (Lipinski definition) is 1. The molecule has 0 aromatic carbocycles.